The molecule has 1 amide bonds. The number of carbonyl (C=O) groups excluding carboxylic acids is 1. The molecule has 0 aliphatic heterocycles. The molecular weight excluding hydrogens is 407 g/mol. The van der Waals surface area contributed by atoms with Gasteiger partial charge in [0.1, 0.15) is 0 Å². The lowest BCUT2D eigenvalue weighted by molar-refractivity contribution is 0.0994. The third-order valence-corrected chi connectivity index (χ3v) is 5.65. The minimum absolute atomic E-state index is 0.196. The van der Waals surface area contributed by atoms with E-state index in [1.165, 1.54) is 25.6 Å². The average Bonchev–Trinajstić information content (AvgIpc) is 3.02. The molecule has 1 heterocycles. The van der Waals surface area contributed by atoms with Gasteiger partial charge in [0.15, 0.2) is 16.3 Å². The van der Waals surface area contributed by atoms with Crippen molar-refractivity contribution in [1.82, 2.24) is 4.57 Å². The Hall–Kier alpha value is -2.46. The van der Waals surface area contributed by atoms with Crippen LogP contribution in [0.4, 0.5) is 0 Å². The first-order valence-corrected chi connectivity index (χ1v) is 9.30. The number of ether oxygens (including phenoxy) is 2. The number of hydrogen-bond donors (Lipinski definition) is 0. The van der Waals surface area contributed by atoms with Crippen LogP contribution in [0.15, 0.2) is 35.3 Å². The Morgan fingerprint density at radius 1 is 1.26 bits per heavy atom. The van der Waals surface area contributed by atoms with Gasteiger partial charge in [0.2, 0.25) is 0 Å². The molecule has 3 aromatic rings. The van der Waals surface area contributed by atoms with E-state index in [-0.39, 0.29) is 12.1 Å². The molecule has 8 heteroatoms. The third kappa shape index (κ3) is 3.54. The molecule has 1 aromatic heterocycles. The van der Waals surface area contributed by atoms with Gasteiger partial charge in [-0.15, -0.1) is 6.42 Å². The fraction of sp³-hybridized carbons (Fsp3) is 0.158. The monoisotopic (exact) mass is 420 g/mol. The van der Waals surface area contributed by atoms with Crippen molar-refractivity contribution in [3.8, 4) is 23.8 Å². The van der Waals surface area contributed by atoms with Crippen LogP contribution in [-0.2, 0) is 6.54 Å². The van der Waals surface area contributed by atoms with Crippen molar-refractivity contribution in [2.24, 2.45) is 4.99 Å². The van der Waals surface area contributed by atoms with Gasteiger partial charge in [-0.25, -0.2) is 0 Å². The number of thiazole rings is 1. The van der Waals surface area contributed by atoms with Crippen LogP contribution in [0.3, 0.4) is 0 Å². The van der Waals surface area contributed by atoms with Crippen LogP contribution >= 0.6 is 34.5 Å². The van der Waals surface area contributed by atoms with E-state index in [2.05, 4.69) is 10.9 Å². The van der Waals surface area contributed by atoms with Crippen LogP contribution in [0.1, 0.15) is 10.4 Å². The van der Waals surface area contributed by atoms with Gasteiger partial charge in [-0.1, -0.05) is 46.5 Å². The van der Waals surface area contributed by atoms with Crippen LogP contribution in [0.5, 0.6) is 11.5 Å². The molecule has 2 aromatic carbocycles. The summed E-state index contributed by atoms with van der Waals surface area (Å²) in [6.07, 6.45) is 5.49. The predicted molar refractivity (Wildman–Crippen MR) is 108 cm³/mol. The lowest BCUT2D eigenvalue weighted by Gasteiger charge is -2.09. The Balaban J connectivity index is 2.22. The highest BCUT2D eigenvalue weighted by Crippen LogP contribution is 2.33. The summed E-state index contributed by atoms with van der Waals surface area (Å²) in [5, 5.41) is 0.772. The van der Waals surface area contributed by atoms with Gasteiger partial charge < -0.3 is 14.0 Å². The van der Waals surface area contributed by atoms with Gasteiger partial charge in [0.25, 0.3) is 5.91 Å². The minimum atomic E-state index is -0.481. The molecule has 0 N–H and O–H groups in total. The largest absolute Gasteiger partial charge is 0.493 e. The number of fused-ring (bicyclic) bond motifs is 1. The zero-order valence-corrected chi connectivity index (χ0v) is 16.8. The zero-order valence-electron chi connectivity index (χ0n) is 14.5. The molecule has 3 rings (SSSR count). The van der Waals surface area contributed by atoms with Crippen molar-refractivity contribution in [3.63, 3.8) is 0 Å². The topological polar surface area (TPSA) is 52.8 Å². The molecule has 0 atom stereocenters. The molecular formula is C19H14Cl2N2O3S. The van der Waals surface area contributed by atoms with E-state index in [1.807, 2.05) is 6.07 Å². The highest BCUT2D eigenvalue weighted by atomic mass is 35.5. The molecule has 0 saturated heterocycles. The number of halogens is 2. The lowest BCUT2D eigenvalue weighted by atomic mass is 10.2. The summed E-state index contributed by atoms with van der Waals surface area (Å²) in [5.74, 6) is 2.84. The second kappa shape index (κ2) is 8.05. The molecule has 27 heavy (non-hydrogen) atoms. The fourth-order valence-electron chi connectivity index (χ4n) is 2.63. The first-order chi connectivity index (χ1) is 13.0. The number of hydrogen-bond acceptors (Lipinski definition) is 4. The predicted octanol–water partition coefficient (Wildman–Crippen LogP) is 4.40. The number of nitrogens with zero attached hydrogens (tertiary/aromatic N) is 2. The maximum Gasteiger partial charge on any atom is 0.283 e. The molecule has 0 saturated carbocycles. The van der Waals surface area contributed by atoms with E-state index in [9.17, 15) is 4.79 Å². The zero-order chi connectivity index (χ0) is 19.6. The molecule has 0 aliphatic carbocycles. The number of amides is 1. The Morgan fingerprint density at radius 3 is 2.70 bits per heavy atom. The van der Waals surface area contributed by atoms with E-state index < -0.39 is 5.91 Å². The molecule has 5 nitrogen and oxygen atoms in total. The van der Waals surface area contributed by atoms with E-state index in [0.29, 0.717) is 31.9 Å². The number of carbonyl (C=O) groups is 1. The summed E-state index contributed by atoms with van der Waals surface area (Å²) in [4.78, 5) is 17.5. The Labute approximate surface area is 169 Å². The van der Waals surface area contributed by atoms with Crippen LogP contribution < -0.4 is 14.3 Å². The Bertz CT molecular complexity index is 1140. The molecule has 0 bridgehead atoms. The number of methoxy groups -OCH3 is 2. The fourth-order valence-corrected chi connectivity index (χ4v) is 4.14. The van der Waals surface area contributed by atoms with E-state index >= 15 is 0 Å². The van der Waals surface area contributed by atoms with Crippen LogP contribution in [0, 0.1) is 12.3 Å². The highest BCUT2D eigenvalue weighted by Gasteiger charge is 2.17. The molecule has 0 fully saturated rings. The number of para-hydroxylation sites is 1. The normalized spacial score (nSPS) is 11.4. The Morgan fingerprint density at radius 2 is 2.04 bits per heavy atom. The summed E-state index contributed by atoms with van der Waals surface area (Å²) in [6, 6.07) is 8.53. The summed E-state index contributed by atoms with van der Waals surface area (Å²) in [5.41, 5.74) is 0.932. The molecule has 138 valence electrons. The number of terminal acetylenes is 1. The van der Waals surface area contributed by atoms with Crippen molar-refractivity contribution >= 4 is 50.7 Å². The number of aromatic nitrogens is 1. The van der Waals surface area contributed by atoms with Gasteiger partial charge in [-0.2, -0.15) is 4.99 Å². The lowest BCUT2D eigenvalue weighted by Crippen LogP contribution is -2.17. The van der Waals surface area contributed by atoms with Crippen LogP contribution in [0.25, 0.3) is 10.2 Å². The van der Waals surface area contributed by atoms with E-state index in [0.717, 1.165) is 4.70 Å². The summed E-state index contributed by atoms with van der Waals surface area (Å²) in [6.45, 7) is 0.196. The van der Waals surface area contributed by atoms with Crippen molar-refractivity contribution in [2.75, 3.05) is 14.2 Å². The highest BCUT2D eigenvalue weighted by molar-refractivity contribution is 7.16. The SMILES string of the molecule is C#CCn1c(=NC(=O)c2cccc(OC)c2OC)sc2ccc(Cl)c(Cl)c21. The molecule has 0 unspecified atom stereocenters. The summed E-state index contributed by atoms with van der Waals surface area (Å²) >= 11 is 13.8. The number of benzene rings is 2. The maximum absolute atomic E-state index is 12.8. The molecule has 0 spiro atoms. The van der Waals surface area contributed by atoms with Gasteiger partial charge in [0, 0.05) is 0 Å². The number of rotatable bonds is 4. The van der Waals surface area contributed by atoms with Crippen molar-refractivity contribution < 1.29 is 14.3 Å². The van der Waals surface area contributed by atoms with Crippen molar-refractivity contribution in [2.45, 2.75) is 6.54 Å². The summed E-state index contributed by atoms with van der Waals surface area (Å²) in [7, 11) is 2.97. The van der Waals surface area contributed by atoms with E-state index in [4.69, 9.17) is 39.1 Å². The van der Waals surface area contributed by atoms with Gasteiger partial charge in [0.05, 0.1) is 46.6 Å². The van der Waals surface area contributed by atoms with Gasteiger partial charge in [-0.3, -0.25) is 4.79 Å². The molecule has 0 aliphatic rings. The van der Waals surface area contributed by atoms with Gasteiger partial charge in [-0.05, 0) is 24.3 Å². The van der Waals surface area contributed by atoms with Crippen LogP contribution in [-0.4, -0.2) is 24.7 Å². The van der Waals surface area contributed by atoms with Crippen molar-refractivity contribution in [3.05, 3.63) is 50.7 Å². The van der Waals surface area contributed by atoms with E-state index in [1.54, 1.807) is 28.8 Å². The third-order valence-electron chi connectivity index (χ3n) is 3.81. The smallest absolute Gasteiger partial charge is 0.283 e. The second-order valence-corrected chi connectivity index (χ2v) is 7.14. The van der Waals surface area contributed by atoms with Gasteiger partial charge >= 0.3 is 0 Å². The summed E-state index contributed by atoms with van der Waals surface area (Å²) < 4.78 is 13.1. The first kappa shape index (κ1) is 19.3. The standard InChI is InChI=1S/C19H14Cl2N2O3S/c1-4-10-23-16-14(9-8-12(20)15(16)21)27-19(23)22-18(24)11-6-5-7-13(25-2)17(11)26-3/h1,5-9H,10H2,2-3H3. The average molecular weight is 421 g/mol. The van der Waals surface area contributed by atoms with Crippen LogP contribution in [0.2, 0.25) is 10.0 Å². The van der Waals surface area contributed by atoms with Crippen molar-refractivity contribution in [1.29, 1.82) is 0 Å². The second-order valence-electron chi connectivity index (χ2n) is 5.34. The quantitative estimate of drug-likeness (QED) is 0.587. The molecule has 0 radical (unpaired) electrons. The Kier molecular flexibility index (Phi) is 5.76. The minimum Gasteiger partial charge on any atom is -0.493 e. The maximum atomic E-state index is 12.8. The first-order valence-electron chi connectivity index (χ1n) is 7.72.